The van der Waals surface area contributed by atoms with E-state index in [0.717, 1.165) is 6.20 Å². The number of hydrogen-bond acceptors (Lipinski definition) is 8. The Bertz CT molecular complexity index is 1060. The first-order chi connectivity index (χ1) is 14.0. The number of anilines is 5. The van der Waals surface area contributed by atoms with Gasteiger partial charge in [-0.1, -0.05) is 12.1 Å². The van der Waals surface area contributed by atoms with Crippen LogP contribution in [0.2, 0.25) is 0 Å². The predicted octanol–water partition coefficient (Wildman–Crippen LogP) is 3.88. The molecule has 3 rings (SSSR count). The van der Waals surface area contributed by atoms with Crippen LogP contribution in [-0.4, -0.2) is 29.3 Å². The maximum atomic E-state index is 14.2. The number of carbonyl (C=O) groups excluding carboxylic acids is 2. The summed E-state index contributed by atoms with van der Waals surface area (Å²) in [5.74, 6) is -0.266. The molecule has 0 unspecified atom stereocenters. The van der Waals surface area contributed by atoms with Crippen molar-refractivity contribution in [3.05, 3.63) is 60.0 Å². The Balaban J connectivity index is 1.83. The summed E-state index contributed by atoms with van der Waals surface area (Å²) in [5.41, 5.74) is 2.20. The molecule has 0 spiro atoms. The summed E-state index contributed by atoms with van der Waals surface area (Å²) in [6, 6.07) is 11.6. The Hall–Kier alpha value is -4.01. The minimum absolute atomic E-state index is 0.0436. The number of rotatable bonds is 8. The molecule has 1 aromatic heterocycles. The molecule has 0 amide bonds. The van der Waals surface area contributed by atoms with Crippen LogP contribution in [0, 0.1) is 5.82 Å². The van der Waals surface area contributed by atoms with Gasteiger partial charge in [0, 0.05) is 24.0 Å². The zero-order chi connectivity index (χ0) is 20.8. The molecular formula is C20H18FN5O3. The van der Waals surface area contributed by atoms with Crippen molar-refractivity contribution >= 4 is 41.1 Å². The van der Waals surface area contributed by atoms with Crippen LogP contribution < -0.4 is 20.7 Å². The molecule has 148 valence electrons. The van der Waals surface area contributed by atoms with Gasteiger partial charge in [0.25, 0.3) is 6.47 Å². The van der Waals surface area contributed by atoms with Crippen LogP contribution in [0.4, 0.5) is 33.2 Å². The van der Waals surface area contributed by atoms with Crippen molar-refractivity contribution in [1.29, 1.82) is 0 Å². The van der Waals surface area contributed by atoms with Crippen LogP contribution in [0.25, 0.3) is 0 Å². The molecule has 2 aromatic carbocycles. The topological polar surface area (TPSA) is 105 Å². The van der Waals surface area contributed by atoms with E-state index in [-0.39, 0.29) is 17.5 Å². The lowest BCUT2D eigenvalue weighted by Crippen LogP contribution is -2.04. The summed E-state index contributed by atoms with van der Waals surface area (Å²) < 4.78 is 19.0. The van der Waals surface area contributed by atoms with Crippen molar-refractivity contribution in [2.75, 3.05) is 23.0 Å². The van der Waals surface area contributed by atoms with Gasteiger partial charge in [0.2, 0.25) is 5.95 Å². The SMILES string of the molecule is CNc1cc(Nc2ncc(F)c(Nc3cccc(C(C)=O)c3)n2)ccc1OC=O. The number of benzene rings is 2. The Kier molecular flexibility index (Phi) is 5.98. The first kappa shape index (κ1) is 19.7. The van der Waals surface area contributed by atoms with Gasteiger partial charge in [-0.25, -0.2) is 9.37 Å². The summed E-state index contributed by atoms with van der Waals surface area (Å²) in [5, 5.41) is 8.73. The molecule has 0 aliphatic heterocycles. The van der Waals surface area contributed by atoms with E-state index >= 15 is 0 Å². The highest BCUT2D eigenvalue weighted by molar-refractivity contribution is 5.95. The molecule has 0 fully saturated rings. The van der Waals surface area contributed by atoms with E-state index in [4.69, 9.17) is 4.74 Å². The molecule has 9 heteroatoms. The number of ether oxygens (including phenoxy) is 1. The number of Topliss-reactive ketones (excluding diaryl/α,β-unsaturated/α-hetero) is 1. The van der Waals surface area contributed by atoms with E-state index in [1.165, 1.54) is 6.92 Å². The predicted molar refractivity (Wildman–Crippen MR) is 108 cm³/mol. The molecule has 0 radical (unpaired) electrons. The first-order valence-electron chi connectivity index (χ1n) is 8.60. The fourth-order valence-corrected chi connectivity index (χ4v) is 2.55. The number of carbonyl (C=O) groups is 2. The lowest BCUT2D eigenvalue weighted by atomic mass is 10.1. The van der Waals surface area contributed by atoms with E-state index in [2.05, 4.69) is 25.9 Å². The van der Waals surface area contributed by atoms with Gasteiger partial charge in [-0.05, 0) is 37.3 Å². The van der Waals surface area contributed by atoms with Gasteiger partial charge in [-0.2, -0.15) is 4.98 Å². The second kappa shape index (κ2) is 8.79. The number of ketones is 1. The quantitative estimate of drug-likeness (QED) is 0.390. The van der Waals surface area contributed by atoms with Crippen LogP contribution in [0.3, 0.4) is 0 Å². The van der Waals surface area contributed by atoms with E-state index in [1.54, 1.807) is 49.5 Å². The van der Waals surface area contributed by atoms with E-state index in [9.17, 15) is 14.0 Å². The van der Waals surface area contributed by atoms with Crippen molar-refractivity contribution in [3.63, 3.8) is 0 Å². The molecule has 1 heterocycles. The second-order valence-corrected chi connectivity index (χ2v) is 5.95. The highest BCUT2D eigenvalue weighted by Gasteiger charge is 2.10. The van der Waals surface area contributed by atoms with E-state index in [1.807, 2.05) is 0 Å². The lowest BCUT2D eigenvalue weighted by molar-refractivity contribution is -0.120. The van der Waals surface area contributed by atoms with Crippen LogP contribution in [0.1, 0.15) is 17.3 Å². The minimum atomic E-state index is -0.644. The molecular weight excluding hydrogens is 377 g/mol. The van der Waals surface area contributed by atoms with Gasteiger partial charge < -0.3 is 20.7 Å². The fourth-order valence-electron chi connectivity index (χ4n) is 2.55. The van der Waals surface area contributed by atoms with E-state index < -0.39 is 5.82 Å². The zero-order valence-electron chi connectivity index (χ0n) is 15.7. The zero-order valence-corrected chi connectivity index (χ0v) is 15.7. The summed E-state index contributed by atoms with van der Waals surface area (Å²) in [7, 11) is 1.68. The van der Waals surface area contributed by atoms with Gasteiger partial charge >= 0.3 is 0 Å². The normalized spacial score (nSPS) is 10.2. The Morgan fingerprint density at radius 2 is 1.93 bits per heavy atom. The average Bonchev–Trinajstić information content (AvgIpc) is 2.72. The standard InChI is InChI=1S/C20H18FN5O3/c1-12(28)13-4-3-5-14(8-13)24-19-16(21)10-23-20(26-19)25-15-6-7-18(29-11-27)17(9-15)22-2/h3-11,22H,1-2H3,(H2,23,24,25,26). The smallest absolute Gasteiger partial charge is 0.298 e. The van der Waals surface area contributed by atoms with Crippen LogP contribution in [0.15, 0.2) is 48.7 Å². The van der Waals surface area contributed by atoms with Crippen LogP contribution >= 0.6 is 0 Å². The molecule has 0 saturated carbocycles. The number of aromatic nitrogens is 2. The summed E-state index contributed by atoms with van der Waals surface area (Å²) in [4.78, 5) is 30.2. The monoisotopic (exact) mass is 395 g/mol. The van der Waals surface area contributed by atoms with Crippen molar-refractivity contribution in [2.45, 2.75) is 6.92 Å². The molecule has 0 aliphatic rings. The molecule has 0 aliphatic carbocycles. The van der Waals surface area contributed by atoms with Gasteiger partial charge in [-0.15, -0.1) is 0 Å². The molecule has 0 atom stereocenters. The lowest BCUT2D eigenvalue weighted by Gasteiger charge is -2.12. The number of hydrogen-bond donors (Lipinski definition) is 3. The van der Waals surface area contributed by atoms with Crippen molar-refractivity contribution in [3.8, 4) is 5.75 Å². The minimum Gasteiger partial charge on any atom is -0.427 e. The summed E-state index contributed by atoms with van der Waals surface area (Å²) in [6.45, 7) is 1.79. The molecule has 3 aromatic rings. The van der Waals surface area contributed by atoms with Crippen molar-refractivity contribution in [2.24, 2.45) is 0 Å². The Morgan fingerprint density at radius 1 is 1.14 bits per heavy atom. The van der Waals surface area contributed by atoms with Gasteiger partial charge in [0.1, 0.15) is 0 Å². The fraction of sp³-hybridized carbons (Fsp3) is 0.100. The molecule has 8 nitrogen and oxygen atoms in total. The van der Waals surface area contributed by atoms with Gasteiger partial charge in [-0.3, -0.25) is 9.59 Å². The molecule has 29 heavy (non-hydrogen) atoms. The number of halogens is 1. The highest BCUT2D eigenvalue weighted by Crippen LogP contribution is 2.29. The summed E-state index contributed by atoms with van der Waals surface area (Å²) >= 11 is 0. The molecule has 0 bridgehead atoms. The van der Waals surface area contributed by atoms with Crippen molar-refractivity contribution in [1.82, 2.24) is 9.97 Å². The third-order valence-corrected chi connectivity index (χ3v) is 3.96. The van der Waals surface area contributed by atoms with E-state index in [0.29, 0.717) is 34.8 Å². The average molecular weight is 395 g/mol. The van der Waals surface area contributed by atoms with Crippen LogP contribution in [0.5, 0.6) is 5.75 Å². The third kappa shape index (κ3) is 4.83. The second-order valence-electron chi connectivity index (χ2n) is 5.95. The number of nitrogens with one attached hydrogen (secondary N) is 3. The molecule has 0 saturated heterocycles. The first-order valence-corrected chi connectivity index (χ1v) is 8.60. The van der Waals surface area contributed by atoms with Gasteiger partial charge in [0.05, 0.1) is 11.9 Å². The van der Waals surface area contributed by atoms with Crippen LogP contribution in [-0.2, 0) is 4.79 Å². The third-order valence-electron chi connectivity index (χ3n) is 3.96. The summed E-state index contributed by atoms with van der Waals surface area (Å²) in [6.07, 6.45) is 1.04. The Morgan fingerprint density at radius 3 is 2.66 bits per heavy atom. The van der Waals surface area contributed by atoms with Crippen molar-refractivity contribution < 1.29 is 18.7 Å². The van der Waals surface area contributed by atoms with Gasteiger partial charge in [0.15, 0.2) is 23.2 Å². The molecule has 3 N–H and O–H groups in total. The highest BCUT2D eigenvalue weighted by atomic mass is 19.1. The number of nitrogens with zero attached hydrogens (tertiary/aromatic N) is 2. The Labute approximate surface area is 166 Å². The maximum absolute atomic E-state index is 14.2. The largest absolute Gasteiger partial charge is 0.427 e. The maximum Gasteiger partial charge on any atom is 0.298 e.